The first kappa shape index (κ1) is 104. The number of hydrogen-bond donors (Lipinski definition) is 54. The SMILES string of the molecule is OC1C(O)C(O)C(O)C(O)C1O.OC1C(O)C(O)C(O)C(O)C1O.OC1C(O)C(O)C(O)C(O)C1O.OC1C(O)C(O)C(O)C(O)C1O.OC1C(O)C(O)C(O)C(O)C1O.OC1C(O)C(O)C(O)C(O)C1O.OC1C(O)C(O)C(O)C(O)C1O.OC1C(O)C(O)C(O)C(O)C1O.OC1C(O)C(O)C(O)C(O)C1O. The Balaban J connectivity index is 0.000000607. The minimum Gasteiger partial charge on any atom is -0.387 e. The van der Waals surface area contributed by atoms with Gasteiger partial charge in [0.2, 0.25) is 0 Å². The minimum atomic E-state index is -1.64. The second-order valence-corrected chi connectivity index (χ2v) is 26.5. The van der Waals surface area contributed by atoms with Crippen LogP contribution >= 0.6 is 0 Å². The maximum Gasteiger partial charge on any atom is 0.111 e. The summed E-state index contributed by atoms with van der Waals surface area (Å²) < 4.78 is 0. The molecule has 54 heteroatoms. The quantitative estimate of drug-likeness (QED) is 0.107. The highest BCUT2D eigenvalue weighted by Crippen LogP contribution is 2.29. The Morgan fingerprint density at radius 1 is 0.0370 bits per heavy atom. The first-order chi connectivity index (χ1) is 49.2. The molecule has 9 aliphatic carbocycles. The van der Waals surface area contributed by atoms with Gasteiger partial charge in [0.25, 0.3) is 0 Å². The van der Waals surface area contributed by atoms with E-state index in [1.54, 1.807) is 0 Å². The fraction of sp³-hybridized carbons (Fsp3) is 1.00. The van der Waals surface area contributed by atoms with Gasteiger partial charge in [0.05, 0.1) is 0 Å². The van der Waals surface area contributed by atoms with E-state index >= 15 is 0 Å². The molecule has 9 rings (SSSR count). The zero-order valence-electron chi connectivity index (χ0n) is 55.3. The molecule has 9 saturated carbocycles. The Morgan fingerprint density at radius 2 is 0.0463 bits per heavy atom. The highest BCUT2D eigenvalue weighted by molar-refractivity contribution is 5.05. The largest absolute Gasteiger partial charge is 0.387 e. The Hall–Kier alpha value is -2.16. The van der Waals surface area contributed by atoms with E-state index in [1.807, 2.05) is 0 Å². The van der Waals surface area contributed by atoms with Crippen molar-refractivity contribution in [3.63, 3.8) is 0 Å². The van der Waals surface area contributed by atoms with E-state index < -0.39 is 330 Å². The van der Waals surface area contributed by atoms with Crippen molar-refractivity contribution in [1.29, 1.82) is 0 Å². The van der Waals surface area contributed by atoms with Gasteiger partial charge >= 0.3 is 0 Å². The smallest absolute Gasteiger partial charge is 0.111 e. The number of aliphatic hydroxyl groups is 54. The van der Waals surface area contributed by atoms with Crippen molar-refractivity contribution in [2.45, 2.75) is 330 Å². The van der Waals surface area contributed by atoms with Gasteiger partial charge in [-0.1, -0.05) is 0 Å². The summed E-state index contributed by atoms with van der Waals surface area (Å²) in [6.45, 7) is 0. The molecule has 0 radical (unpaired) electrons. The molecule has 9 fully saturated rings. The van der Waals surface area contributed by atoms with Crippen molar-refractivity contribution >= 4 is 0 Å². The van der Waals surface area contributed by atoms with Crippen LogP contribution in [0.5, 0.6) is 0 Å². The molecule has 0 heterocycles. The molecule has 108 heavy (non-hydrogen) atoms. The Kier molecular flexibility index (Phi) is 42.5. The maximum absolute atomic E-state index is 8.97. The lowest BCUT2D eigenvalue weighted by molar-refractivity contribution is -0.223. The molecule has 0 aromatic heterocycles. The Morgan fingerprint density at radius 3 is 0.0556 bits per heavy atom. The average molecular weight is 1620 g/mol. The number of aliphatic hydroxyl groups excluding tert-OH is 54. The highest BCUT2D eigenvalue weighted by Gasteiger charge is 2.55. The molecule has 0 amide bonds. The van der Waals surface area contributed by atoms with Crippen molar-refractivity contribution in [3.05, 3.63) is 0 Å². The average Bonchev–Trinajstić information content (AvgIpc) is 0.895. The van der Waals surface area contributed by atoms with E-state index in [0.717, 1.165) is 0 Å². The van der Waals surface area contributed by atoms with Gasteiger partial charge in [-0.25, -0.2) is 0 Å². The maximum atomic E-state index is 8.97. The van der Waals surface area contributed by atoms with E-state index in [1.165, 1.54) is 0 Å². The first-order valence-corrected chi connectivity index (χ1v) is 31.9. The van der Waals surface area contributed by atoms with Gasteiger partial charge < -0.3 is 276 Å². The molecule has 0 unspecified atom stereocenters. The van der Waals surface area contributed by atoms with Gasteiger partial charge in [-0.2, -0.15) is 0 Å². The molecular formula is C54H108O54. The van der Waals surface area contributed by atoms with Crippen LogP contribution in [-0.4, -0.2) is 605 Å². The van der Waals surface area contributed by atoms with Crippen molar-refractivity contribution < 1.29 is 276 Å². The number of rotatable bonds is 0. The summed E-state index contributed by atoms with van der Waals surface area (Å²) in [5, 5.41) is 485. The predicted molar refractivity (Wildman–Crippen MR) is 324 cm³/mol. The van der Waals surface area contributed by atoms with E-state index in [2.05, 4.69) is 0 Å². The molecule has 0 spiro atoms. The van der Waals surface area contributed by atoms with Crippen molar-refractivity contribution in [2.75, 3.05) is 0 Å². The summed E-state index contributed by atoms with van der Waals surface area (Å²) >= 11 is 0. The van der Waals surface area contributed by atoms with Gasteiger partial charge in [0.1, 0.15) is 330 Å². The predicted octanol–water partition coefficient (Wildman–Crippen LogP) is -34.5. The van der Waals surface area contributed by atoms with Crippen LogP contribution in [0, 0.1) is 0 Å². The Labute approximate surface area is 604 Å². The standard InChI is InChI=1S/9C6H12O6/c9*7-1-2(8)4(10)6(12)5(11)3(1)9/h9*1-12H. The van der Waals surface area contributed by atoms with Gasteiger partial charge in [0, 0.05) is 0 Å². The zero-order valence-corrected chi connectivity index (χ0v) is 55.3. The van der Waals surface area contributed by atoms with Gasteiger partial charge in [0.15, 0.2) is 0 Å². The van der Waals surface area contributed by atoms with Gasteiger partial charge in [-0.05, 0) is 0 Å². The molecule has 9 aliphatic rings. The lowest BCUT2D eigenvalue weighted by atomic mass is 9.85. The van der Waals surface area contributed by atoms with Crippen LogP contribution in [0.4, 0.5) is 0 Å². The zero-order chi connectivity index (χ0) is 85.2. The second kappa shape index (κ2) is 44.2. The fourth-order valence-corrected chi connectivity index (χ4v) is 10.9. The third-order valence-corrected chi connectivity index (χ3v) is 18.9. The lowest BCUT2D eigenvalue weighted by Gasteiger charge is -2.39. The monoisotopic (exact) mass is 1620 g/mol. The van der Waals surface area contributed by atoms with Crippen molar-refractivity contribution in [3.8, 4) is 0 Å². The second-order valence-electron chi connectivity index (χ2n) is 26.5. The van der Waals surface area contributed by atoms with Gasteiger partial charge in [-0.15, -0.1) is 0 Å². The fourth-order valence-electron chi connectivity index (χ4n) is 10.9. The van der Waals surface area contributed by atoms with E-state index in [9.17, 15) is 0 Å². The molecule has 0 aromatic rings. The summed E-state index contributed by atoms with van der Waals surface area (Å²) in [6, 6.07) is 0. The summed E-state index contributed by atoms with van der Waals surface area (Å²) in [5.74, 6) is 0. The third kappa shape index (κ3) is 24.0. The molecule has 0 aromatic carbocycles. The third-order valence-electron chi connectivity index (χ3n) is 18.9. The van der Waals surface area contributed by atoms with Crippen LogP contribution in [0.2, 0.25) is 0 Å². The van der Waals surface area contributed by atoms with E-state index in [-0.39, 0.29) is 0 Å². The van der Waals surface area contributed by atoms with Crippen molar-refractivity contribution in [1.82, 2.24) is 0 Å². The molecule has 54 nitrogen and oxygen atoms in total. The molecule has 0 aliphatic heterocycles. The number of hydrogen-bond acceptors (Lipinski definition) is 54. The minimum absolute atomic E-state index is 1.64. The molecule has 54 N–H and O–H groups in total. The normalized spacial score (nSPS) is 55.5. The van der Waals surface area contributed by atoms with Crippen LogP contribution in [0.15, 0.2) is 0 Å². The molecule has 0 atom stereocenters. The van der Waals surface area contributed by atoms with Crippen LogP contribution in [-0.2, 0) is 0 Å². The summed E-state index contributed by atoms with van der Waals surface area (Å²) in [5.41, 5.74) is 0. The molecular weight excluding hydrogens is 1510 g/mol. The summed E-state index contributed by atoms with van der Waals surface area (Å²) in [4.78, 5) is 0. The molecule has 648 valence electrons. The van der Waals surface area contributed by atoms with Gasteiger partial charge in [-0.3, -0.25) is 0 Å². The first-order valence-electron chi connectivity index (χ1n) is 31.9. The van der Waals surface area contributed by atoms with E-state index in [4.69, 9.17) is 276 Å². The topological polar surface area (TPSA) is 1090 Å². The molecule has 0 bridgehead atoms. The van der Waals surface area contributed by atoms with Crippen LogP contribution in [0.3, 0.4) is 0 Å². The van der Waals surface area contributed by atoms with Crippen molar-refractivity contribution in [2.24, 2.45) is 0 Å². The van der Waals surface area contributed by atoms with E-state index in [0.29, 0.717) is 0 Å². The van der Waals surface area contributed by atoms with Crippen LogP contribution in [0.1, 0.15) is 0 Å². The summed E-state index contributed by atoms with van der Waals surface area (Å²) in [7, 11) is 0. The molecule has 0 saturated heterocycles. The summed E-state index contributed by atoms with van der Waals surface area (Å²) in [6.07, 6.45) is -88.6. The van der Waals surface area contributed by atoms with Crippen LogP contribution < -0.4 is 0 Å². The lowest BCUT2D eigenvalue weighted by Crippen LogP contribution is -2.63. The van der Waals surface area contributed by atoms with Crippen LogP contribution in [0.25, 0.3) is 0 Å². The highest BCUT2D eigenvalue weighted by atomic mass is 16.5. The Bertz CT molecular complexity index is 1450.